The summed E-state index contributed by atoms with van der Waals surface area (Å²) in [5, 5.41) is 20.6. The Balaban J connectivity index is 1.70. The third-order valence-corrected chi connectivity index (χ3v) is 6.22. The third-order valence-electron chi connectivity index (χ3n) is 5.15. The number of hydrogen-bond donors (Lipinski definition) is 1. The number of aromatic nitrogens is 2. The fourth-order valence-corrected chi connectivity index (χ4v) is 4.66. The molecule has 162 valence electrons. The largest absolute Gasteiger partial charge is 0.507 e. The lowest BCUT2D eigenvalue weighted by Gasteiger charge is -2.23. The molecular weight excluding hydrogens is 454 g/mol. The van der Waals surface area contributed by atoms with Crippen molar-refractivity contribution < 1.29 is 24.2 Å². The molecule has 2 aromatic carbocycles. The molecule has 32 heavy (non-hydrogen) atoms. The second-order valence-electron chi connectivity index (χ2n) is 7.19. The molecule has 3 heterocycles. The summed E-state index contributed by atoms with van der Waals surface area (Å²) in [5.74, 6) is -0.952. The van der Waals surface area contributed by atoms with E-state index in [4.69, 9.17) is 21.1 Å². The molecule has 0 radical (unpaired) electrons. The van der Waals surface area contributed by atoms with Crippen LogP contribution >= 0.6 is 22.9 Å². The van der Waals surface area contributed by atoms with Gasteiger partial charge in [0.15, 0.2) is 11.5 Å². The number of ketones is 1. The fourth-order valence-electron chi connectivity index (χ4n) is 3.75. The summed E-state index contributed by atoms with van der Waals surface area (Å²) >= 11 is 7.37. The summed E-state index contributed by atoms with van der Waals surface area (Å²) in [6.45, 7) is 2.56. The number of aliphatic hydroxyl groups is 1. The van der Waals surface area contributed by atoms with Crippen LogP contribution in [-0.4, -0.2) is 40.2 Å². The normalized spacial score (nSPS) is 19.4. The molecule has 5 rings (SSSR count). The highest BCUT2D eigenvalue weighted by Crippen LogP contribution is 2.44. The van der Waals surface area contributed by atoms with Crippen LogP contribution in [0.5, 0.6) is 11.5 Å². The van der Waals surface area contributed by atoms with Crippen molar-refractivity contribution >= 4 is 45.5 Å². The maximum absolute atomic E-state index is 13.1. The number of ether oxygens (including phenoxy) is 2. The van der Waals surface area contributed by atoms with Crippen molar-refractivity contribution in [3.63, 3.8) is 0 Å². The lowest BCUT2D eigenvalue weighted by atomic mass is 9.95. The van der Waals surface area contributed by atoms with Crippen molar-refractivity contribution in [2.75, 3.05) is 18.1 Å². The summed E-state index contributed by atoms with van der Waals surface area (Å²) < 4.78 is 11.1. The van der Waals surface area contributed by atoms with Gasteiger partial charge in [0.05, 0.1) is 11.6 Å². The smallest absolute Gasteiger partial charge is 0.301 e. The van der Waals surface area contributed by atoms with Crippen molar-refractivity contribution in [2.24, 2.45) is 0 Å². The van der Waals surface area contributed by atoms with Crippen LogP contribution in [0.25, 0.3) is 5.76 Å². The van der Waals surface area contributed by atoms with E-state index in [1.807, 2.05) is 0 Å². The molecule has 1 amide bonds. The van der Waals surface area contributed by atoms with E-state index < -0.39 is 17.7 Å². The minimum Gasteiger partial charge on any atom is -0.507 e. The van der Waals surface area contributed by atoms with E-state index >= 15 is 0 Å². The Bertz CT molecular complexity index is 1290. The summed E-state index contributed by atoms with van der Waals surface area (Å²) in [6.07, 6.45) is 0. The zero-order valence-corrected chi connectivity index (χ0v) is 18.3. The van der Waals surface area contributed by atoms with Gasteiger partial charge in [0, 0.05) is 10.6 Å². The van der Waals surface area contributed by atoms with Crippen LogP contribution < -0.4 is 14.4 Å². The van der Waals surface area contributed by atoms with Crippen LogP contribution in [0.2, 0.25) is 5.02 Å². The molecule has 3 aromatic rings. The number of anilines is 1. The average Bonchev–Trinajstić information content (AvgIpc) is 3.33. The number of Topliss-reactive ketones (excluding diaryl/α,β-unsaturated/α-hetero) is 1. The van der Waals surface area contributed by atoms with Gasteiger partial charge in [-0.2, -0.15) is 0 Å². The molecule has 2 aliphatic rings. The molecule has 1 saturated heterocycles. The molecule has 1 fully saturated rings. The Hall–Kier alpha value is -3.43. The Morgan fingerprint density at radius 3 is 2.62 bits per heavy atom. The number of nitrogens with zero attached hydrogens (tertiary/aromatic N) is 3. The molecule has 8 nitrogen and oxygen atoms in total. The first-order valence-corrected chi connectivity index (χ1v) is 10.9. The van der Waals surface area contributed by atoms with Gasteiger partial charge >= 0.3 is 5.91 Å². The monoisotopic (exact) mass is 469 g/mol. The summed E-state index contributed by atoms with van der Waals surface area (Å²) in [5.41, 5.74) is 0.818. The van der Waals surface area contributed by atoms with Gasteiger partial charge in [0.25, 0.3) is 5.78 Å². The number of hydrogen-bond acceptors (Lipinski definition) is 8. The van der Waals surface area contributed by atoms with E-state index in [0.717, 1.165) is 0 Å². The first-order valence-electron chi connectivity index (χ1n) is 9.70. The Labute approximate surface area is 191 Å². The molecule has 1 N–H and O–H groups in total. The highest BCUT2D eigenvalue weighted by atomic mass is 35.5. The van der Waals surface area contributed by atoms with Gasteiger partial charge in [-0.25, -0.2) is 0 Å². The maximum Gasteiger partial charge on any atom is 0.301 e. The fraction of sp³-hybridized carbons (Fsp3) is 0.182. The summed E-state index contributed by atoms with van der Waals surface area (Å²) in [4.78, 5) is 27.4. The number of halogens is 1. The predicted octanol–water partition coefficient (Wildman–Crippen LogP) is 3.90. The number of fused-ring (bicyclic) bond motifs is 1. The Kier molecular flexibility index (Phi) is 5.07. The molecule has 0 saturated carbocycles. The quantitative estimate of drug-likeness (QED) is 0.352. The SMILES string of the molecule is Cc1nnc(N2C(=O)C(=O)/C(=C(/O)c3ccc4c(c3)OCCO4)[C@H]2c2cccc(Cl)c2)s1. The van der Waals surface area contributed by atoms with Gasteiger partial charge in [-0.1, -0.05) is 35.1 Å². The standard InChI is InChI=1S/C22H16ClN3O5S/c1-11-24-25-22(32-11)26-18(12-3-2-4-14(23)9-12)17(20(28)21(26)29)19(27)13-5-6-15-16(10-13)31-8-7-30-15/h2-6,9-10,18,27H,7-8H2,1H3/b19-17+/t18-/m1/s1. The second kappa shape index (κ2) is 7.92. The zero-order valence-electron chi connectivity index (χ0n) is 16.7. The Morgan fingerprint density at radius 1 is 1.12 bits per heavy atom. The molecule has 1 aromatic heterocycles. The average molecular weight is 470 g/mol. The lowest BCUT2D eigenvalue weighted by molar-refractivity contribution is -0.132. The van der Waals surface area contributed by atoms with Crippen LogP contribution in [0.4, 0.5) is 5.13 Å². The second-order valence-corrected chi connectivity index (χ2v) is 8.78. The van der Waals surface area contributed by atoms with Gasteiger partial charge in [-0.3, -0.25) is 14.5 Å². The third kappa shape index (κ3) is 3.39. The minimum absolute atomic E-state index is 0.0678. The Morgan fingerprint density at radius 2 is 1.91 bits per heavy atom. The van der Waals surface area contributed by atoms with Gasteiger partial charge < -0.3 is 14.6 Å². The number of benzene rings is 2. The molecule has 10 heteroatoms. The number of amides is 1. The first kappa shape index (κ1) is 20.5. The van der Waals surface area contributed by atoms with E-state index in [0.29, 0.717) is 45.9 Å². The number of carbonyl (C=O) groups is 2. The minimum atomic E-state index is -0.922. The number of aryl methyl sites for hydroxylation is 1. The molecule has 0 spiro atoms. The lowest BCUT2D eigenvalue weighted by Crippen LogP contribution is -2.29. The van der Waals surface area contributed by atoms with E-state index in [-0.39, 0.29) is 16.5 Å². The van der Waals surface area contributed by atoms with Gasteiger partial charge in [-0.05, 0) is 42.8 Å². The van der Waals surface area contributed by atoms with Crippen LogP contribution in [0.15, 0.2) is 48.0 Å². The highest BCUT2D eigenvalue weighted by Gasteiger charge is 2.48. The molecule has 2 aliphatic heterocycles. The van der Waals surface area contributed by atoms with Crippen LogP contribution in [-0.2, 0) is 9.59 Å². The van der Waals surface area contributed by atoms with Gasteiger partial charge in [0.2, 0.25) is 5.13 Å². The van der Waals surface area contributed by atoms with E-state index in [1.54, 1.807) is 49.4 Å². The van der Waals surface area contributed by atoms with E-state index in [9.17, 15) is 14.7 Å². The van der Waals surface area contributed by atoms with Gasteiger partial charge in [0.1, 0.15) is 24.0 Å². The van der Waals surface area contributed by atoms with Crippen molar-refractivity contribution in [3.05, 3.63) is 69.2 Å². The van der Waals surface area contributed by atoms with Crippen molar-refractivity contribution in [2.45, 2.75) is 13.0 Å². The molecular formula is C22H16ClN3O5S. The molecule has 0 aliphatic carbocycles. The zero-order chi connectivity index (χ0) is 22.4. The number of carbonyl (C=O) groups excluding carboxylic acids is 2. The highest BCUT2D eigenvalue weighted by molar-refractivity contribution is 7.15. The maximum atomic E-state index is 13.1. The molecule has 1 atom stereocenters. The van der Waals surface area contributed by atoms with E-state index in [2.05, 4.69) is 10.2 Å². The van der Waals surface area contributed by atoms with Crippen molar-refractivity contribution in [3.8, 4) is 11.5 Å². The first-order chi connectivity index (χ1) is 15.4. The van der Waals surface area contributed by atoms with E-state index in [1.165, 1.54) is 16.2 Å². The molecule has 0 unspecified atom stereocenters. The summed E-state index contributed by atoms with van der Waals surface area (Å²) in [7, 11) is 0. The van der Waals surface area contributed by atoms with Crippen LogP contribution in [0.3, 0.4) is 0 Å². The summed E-state index contributed by atoms with van der Waals surface area (Å²) in [6, 6.07) is 10.7. The molecule has 0 bridgehead atoms. The number of aliphatic hydroxyl groups excluding tert-OH is 1. The van der Waals surface area contributed by atoms with Crippen LogP contribution in [0, 0.1) is 6.92 Å². The van der Waals surface area contributed by atoms with Gasteiger partial charge in [-0.15, -0.1) is 10.2 Å². The van der Waals surface area contributed by atoms with Crippen LogP contribution in [0.1, 0.15) is 22.2 Å². The van der Waals surface area contributed by atoms with Crippen molar-refractivity contribution in [1.82, 2.24) is 10.2 Å². The number of rotatable bonds is 3. The van der Waals surface area contributed by atoms with Crippen molar-refractivity contribution in [1.29, 1.82) is 0 Å². The predicted molar refractivity (Wildman–Crippen MR) is 118 cm³/mol. The topological polar surface area (TPSA) is 102 Å².